The number of anilines is 2. The van der Waals surface area contributed by atoms with Crippen molar-refractivity contribution in [2.45, 2.75) is 13.3 Å². The van der Waals surface area contributed by atoms with Crippen LogP contribution in [0.15, 0.2) is 42.9 Å². The van der Waals surface area contributed by atoms with Gasteiger partial charge in [-0.25, -0.2) is 19.7 Å². The van der Waals surface area contributed by atoms with Gasteiger partial charge in [0.1, 0.15) is 23.5 Å². The fraction of sp³-hybridized carbons (Fsp3) is 0.273. The van der Waals surface area contributed by atoms with E-state index in [0.29, 0.717) is 31.9 Å². The number of piperazine rings is 1. The van der Waals surface area contributed by atoms with Gasteiger partial charge in [0.05, 0.1) is 21.0 Å². The first-order valence-corrected chi connectivity index (χ1v) is 11.5. The minimum atomic E-state index is -4.76. The molecule has 1 aliphatic heterocycles. The van der Waals surface area contributed by atoms with Gasteiger partial charge >= 0.3 is 12.4 Å². The second-order valence-electron chi connectivity index (χ2n) is 7.86. The average Bonchev–Trinajstić information content (AvgIpc) is 3.45. The lowest BCUT2D eigenvalue weighted by Crippen LogP contribution is -2.50. The highest BCUT2D eigenvalue weighted by Gasteiger charge is 2.31. The molecule has 0 atom stereocenters. The number of hydrogen-bond acceptors (Lipinski definition) is 7. The SMILES string of the molecule is Cc1ncc(-c2cc3c(N4CCN(C(=O)Nc5ccc(OC(F)(F)F)cc5)CC4)ncnc3[nH]2)s1. The summed E-state index contributed by atoms with van der Waals surface area (Å²) in [6.07, 6.45) is -1.42. The van der Waals surface area contributed by atoms with Crippen molar-refractivity contribution in [1.82, 2.24) is 24.8 Å². The molecule has 35 heavy (non-hydrogen) atoms. The number of hydrogen-bond donors (Lipinski definition) is 2. The third kappa shape index (κ3) is 5.14. The first-order chi connectivity index (χ1) is 16.7. The molecule has 4 aromatic rings. The highest BCUT2D eigenvalue weighted by Crippen LogP contribution is 2.32. The molecule has 4 heterocycles. The van der Waals surface area contributed by atoms with Crippen molar-refractivity contribution < 1.29 is 22.7 Å². The zero-order chi connectivity index (χ0) is 24.6. The van der Waals surface area contributed by atoms with Crippen molar-refractivity contribution in [2.24, 2.45) is 0 Å². The molecule has 1 aromatic carbocycles. The van der Waals surface area contributed by atoms with Crippen LogP contribution in [0.2, 0.25) is 0 Å². The molecule has 0 bridgehead atoms. The van der Waals surface area contributed by atoms with E-state index < -0.39 is 6.36 Å². The highest BCUT2D eigenvalue weighted by atomic mass is 32.1. The summed E-state index contributed by atoms with van der Waals surface area (Å²) in [4.78, 5) is 33.9. The lowest BCUT2D eigenvalue weighted by Gasteiger charge is -2.35. The molecule has 1 saturated heterocycles. The van der Waals surface area contributed by atoms with Gasteiger partial charge in [-0.05, 0) is 37.3 Å². The van der Waals surface area contributed by atoms with Gasteiger partial charge in [0.2, 0.25) is 0 Å². The van der Waals surface area contributed by atoms with Gasteiger partial charge < -0.3 is 24.8 Å². The molecule has 13 heteroatoms. The molecule has 1 fully saturated rings. The van der Waals surface area contributed by atoms with Crippen LogP contribution in [0.3, 0.4) is 0 Å². The van der Waals surface area contributed by atoms with E-state index >= 15 is 0 Å². The Morgan fingerprint density at radius 3 is 2.51 bits per heavy atom. The summed E-state index contributed by atoms with van der Waals surface area (Å²) in [6, 6.07) is 6.72. The molecule has 0 unspecified atom stereocenters. The monoisotopic (exact) mass is 503 g/mol. The molecule has 2 amide bonds. The summed E-state index contributed by atoms with van der Waals surface area (Å²) >= 11 is 1.59. The number of amides is 2. The van der Waals surface area contributed by atoms with Gasteiger partial charge in [-0.15, -0.1) is 24.5 Å². The lowest BCUT2D eigenvalue weighted by molar-refractivity contribution is -0.274. The quantitative estimate of drug-likeness (QED) is 0.421. The minimum absolute atomic E-state index is 0.327. The van der Waals surface area contributed by atoms with Gasteiger partial charge in [-0.2, -0.15) is 0 Å². The second kappa shape index (κ2) is 9.06. The largest absolute Gasteiger partial charge is 0.573 e. The number of benzene rings is 1. The van der Waals surface area contributed by atoms with Crippen molar-refractivity contribution in [3.05, 3.63) is 47.9 Å². The Hall–Kier alpha value is -3.87. The topological polar surface area (TPSA) is 99.3 Å². The molecule has 9 nitrogen and oxygen atoms in total. The van der Waals surface area contributed by atoms with Gasteiger partial charge in [0.15, 0.2) is 0 Å². The van der Waals surface area contributed by atoms with E-state index in [1.807, 2.05) is 19.2 Å². The van der Waals surface area contributed by atoms with Gasteiger partial charge in [-0.1, -0.05) is 0 Å². The summed E-state index contributed by atoms with van der Waals surface area (Å²) in [5.41, 5.74) is 2.04. The number of aryl methyl sites for hydroxylation is 1. The van der Waals surface area contributed by atoms with Crippen LogP contribution in [0.4, 0.5) is 29.5 Å². The zero-order valence-electron chi connectivity index (χ0n) is 18.5. The maximum absolute atomic E-state index is 12.6. The van der Waals surface area contributed by atoms with E-state index in [1.54, 1.807) is 16.2 Å². The Morgan fingerprint density at radius 1 is 1.11 bits per heavy atom. The Balaban J connectivity index is 1.22. The summed E-state index contributed by atoms with van der Waals surface area (Å²) in [5.74, 6) is 0.442. The third-order valence-electron chi connectivity index (χ3n) is 5.50. The molecule has 0 aliphatic carbocycles. The number of aromatic nitrogens is 4. The molecule has 0 saturated carbocycles. The molecule has 0 spiro atoms. The number of fused-ring (bicyclic) bond motifs is 1. The maximum Gasteiger partial charge on any atom is 0.573 e. The number of alkyl halides is 3. The maximum atomic E-state index is 12.6. The number of carbonyl (C=O) groups excluding carboxylic acids is 1. The summed E-state index contributed by atoms with van der Waals surface area (Å²) in [7, 11) is 0. The first-order valence-electron chi connectivity index (χ1n) is 10.7. The molecule has 1 aliphatic rings. The van der Waals surface area contributed by atoms with E-state index in [0.717, 1.165) is 44.6 Å². The highest BCUT2D eigenvalue weighted by molar-refractivity contribution is 7.15. The number of H-pyrrole nitrogens is 1. The molecule has 5 rings (SSSR count). The Kier molecular flexibility index (Phi) is 5.93. The van der Waals surface area contributed by atoms with Crippen LogP contribution in [0.1, 0.15) is 5.01 Å². The van der Waals surface area contributed by atoms with Crippen LogP contribution in [-0.2, 0) is 0 Å². The normalized spacial score (nSPS) is 14.4. The molecule has 3 aromatic heterocycles. The molecule has 2 N–H and O–H groups in total. The third-order valence-corrected chi connectivity index (χ3v) is 6.44. The summed E-state index contributed by atoms with van der Waals surface area (Å²) in [5, 5.41) is 4.58. The van der Waals surface area contributed by atoms with E-state index in [2.05, 4.69) is 34.9 Å². The average molecular weight is 504 g/mol. The van der Waals surface area contributed by atoms with Crippen LogP contribution in [-0.4, -0.2) is 63.4 Å². The number of aromatic amines is 1. The molecule has 182 valence electrons. The van der Waals surface area contributed by atoms with Crippen molar-refractivity contribution in [3.63, 3.8) is 0 Å². The van der Waals surface area contributed by atoms with Crippen LogP contribution >= 0.6 is 11.3 Å². The molecular weight excluding hydrogens is 483 g/mol. The Labute approximate surface area is 201 Å². The van der Waals surface area contributed by atoms with Gasteiger partial charge in [0, 0.05) is 38.1 Å². The first kappa shape index (κ1) is 22.9. The van der Waals surface area contributed by atoms with Crippen LogP contribution in [0.25, 0.3) is 21.6 Å². The van der Waals surface area contributed by atoms with Crippen molar-refractivity contribution in [3.8, 4) is 16.3 Å². The zero-order valence-corrected chi connectivity index (χ0v) is 19.3. The Bertz CT molecular complexity index is 1350. The van der Waals surface area contributed by atoms with E-state index in [1.165, 1.54) is 18.5 Å². The number of nitrogens with one attached hydrogen (secondary N) is 2. The standard InChI is InChI=1S/C22H20F3N7O2S/c1-13-26-11-18(35-13)17-10-16-19(30-17)27-12-28-20(16)31-6-8-32(9-7-31)21(33)29-14-2-4-15(5-3-14)34-22(23,24)25/h2-5,10-12H,6-9H2,1H3,(H,29,33)(H,27,28,30). The number of carbonyl (C=O) groups is 1. The second-order valence-corrected chi connectivity index (χ2v) is 9.10. The van der Waals surface area contributed by atoms with E-state index in [9.17, 15) is 18.0 Å². The van der Waals surface area contributed by atoms with Gasteiger partial charge in [-0.3, -0.25) is 0 Å². The number of ether oxygens (including phenoxy) is 1. The summed E-state index contributed by atoms with van der Waals surface area (Å²) < 4.78 is 40.7. The van der Waals surface area contributed by atoms with E-state index in [4.69, 9.17) is 0 Å². The van der Waals surface area contributed by atoms with Crippen LogP contribution in [0.5, 0.6) is 5.75 Å². The fourth-order valence-corrected chi connectivity index (χ4v) is 4.61. The Morgan fingerprint density at radius 2 is 1.86 bits per heavy atom. The molecule has 0 radical (unpaired) electrons. The predicted molar refractivity (Wildman–Crippen MR) is 126 cm³/mol. The number of urea groups is 1. The molecular formula is C22H20F3N7O2S. The smallest absolute Gasteiger partial charge is 0.406 e. The van der Waals surface area contributed by atoms with Crippen molar-refractivity contribution >= 4 is 39.9 Å². The number of thiazole rings is 1. The number of nitrogens with zero attached hydrogens (tertiary/aromatic N) is 5. The number of rotatable bonds is 4. The number of halogens is 3. The lowest BCUT2D eigenvalue weighted by atomic mass is 10.2. The van der Waals surface area contributed by atoms with Crippen molar-refractivity contribution in [2.75, 3.05) is 36.4 Å². The van der Waals surface area contributed by atoms with Crippen LogP contribution in [0, 0.1) is 6.92 Å². The van der Waals surface area contributed by atoms with Crippen molar-refractivity contribution in [1.29, 1.82) is 0 Å². The van der Waals surface area contributed by atoms with E-state index in [-0.39, 0.29) is 11.8 Å². The summed E-state index contributed by atoms with van der Waals surface area (Å²) in [6.45, 7) is 4.00. The van der Waals surface area contributed by atoms with Crippen LogP contribution < -0.4 is 15.0 Å². The predicted octanol–water partition coefficient (Wildman–Crippen LogP) is 4.64. The van der Waals surface area contributed by atoms with Gasteiger partial charge in [0.25, 0.3) is 0 Å². The fourth-order valence-electron chi connectivity index (χ4n) is 3.86. The minimum Gasteiger partial charge on any atom is -0.406 e.